The van der Waals surface area contributed by atoms with Gasteiger partial charge in [-0.2, -0.15) is 0 Å². The molecule has 0 fully saturated rings. The molecular formula is C12H14O6. The van der Waals surface area contributed by atoms with Crippen LogP contribution in [0.1, 0.15) is 21.8 Å². The van der Waals surface area contributed by atoms with E-state index in [9.17, 15) is 14.7 Å². The van der Waals surface area contributed by atoms with E-state index < -0.39 is 24.8 Å². The third kappa shape index (κ3) is 3.28. The number of aliphatic hydroxyl groups is 2. The van der Waals surface area contributed by atoms with Gasteiger partial charge in [0.15, 0.2) is 0 Å². The SMILES string of the molecule is COC(=O)c1ccc(C(CO)C(O)OC=O)cc1. The first-order chi connectivity index (χ1) is 8.63. The van der Waals surface area contributed by atoms with Crippen molar-refractivity contribution in [3.63, 3.8) is 0 Å². The van der Waals surface area contributed by atoms with Gasteiger partial charge in [0.1, 0.15) is 0 Å². The number of carbonyl (C=O) groups is 2. The van der Waals surface area contributed by atoms with Crippen molar-refractivity contribution in [3.8, 4) is 0 Å². The molecule has 0 aliphatic carbocycles. The monoisotopic (exact) mass is 254 g/mol. The summed E-state index contributed by atoms with van der Waals surface area (Å²) in [5, 5.41) is 18.6. The van der Waals surface area contributed by atoms with E-state index in [0.717, 1.165) is 0 Å². The molecule has 1 aromatic carbocycles. The maximum absolute atomic E-state index is 11.2. The molecule has 6 nitrogen and oxygen atoms in total. The van der Waals surface area contributed by atoms with Gasteiger partial charge in [-0.25, -0.2) is 4.79 Å². The number of ether oxygens (including phenoxy) is 2. The van der Waals surface area contributed by atoms with Gasteiger partial charge in [-0.15, -0.1) is 0 Å². The molecule has 0 amide bonds. The van der Waals surface area contributed by atoms with Crippen LogP contribution in [0.15, 0.2) is 24.3 Å². The zero-order valence-corrected chi connectivity index (χ0v) is 9.78. The van der Waals surface area contributed by atoms with Crippen LogP contribution in [0, 0.1) is 0 Å². The second-order valence-electron chi connectivity index (χ2n) is 3.53. The van der Waals surface area contributed by atoms with E-state index in [2.05, 4.69) is 9.47 Å². The van der Waals surface area contributed by atoms with Crippen molar-refractivity contribution < 1.29 is 29.3 Å². The molecule has 98 valence electrons. The van der Waals surface area contributed by atoms with E-state index in [1.54, 1.807) is 12.1 Å². The summed E-state index contributed by atoms with van der Waals surface area (Å²) in [6.07, 6.45) is -1.43. The molecule has 0 spiro atoms. The molecule has 1 aromatic rings. The average molecular weight is 254 g/mol. The minimum atomic E-state index is -1.43. The third-order valence-corrected chi connectivity index (χ3v) is 2.50. The van der Waals surface area contributed by atoms with Crippen molar-refractivity contribution in [3.05, 3.63) is 35.4 Å². The number of rotatable bonds is 6. The molecular weight excluding hydrogens is 240 g/mol. The lowest BCUT2D eigenvalue weighted by Crippen LogP contribution is -2.24. The first kappa shape index (κ1) is 14.1. The van der Waals surface area contributed by atoms with Crippen molar-refractivity contribution in [2.24, 2.45) is 0 Å². The zero-order valence-electron chi connectivity index (χ0n) is 9.78. The van der Waals surface area contributed by atoms with Crippen LogP contribution >= 0.6 is 0 Å². The molecule has 2 atom stereocenters. The van der Waals surface area contributed by atoms with Crippen LogP contribution in [0.3, 0.4) is 0 Å². The number of carbonyl (C=O) groups excluding carboxylic acids is 2. The van der Waals surface area contributed by atoms with E-state index in [4.69, 9.17) is 5.11 Å². The van der Waals surface area contributed by atoms with E-state index >= 15 is 0 Å². The largest absolute Gasteiger partial charge is 0.465 e. The van der Waals surface area contributed by atoms with E-state index in [0.29, 0.717) is 11.1 Å². The van der Waals surface area contributed by atoms with Crippen LogP contribution in [0.25, 0.3) is 0 Å². The average Bonchev–Trinajstić information content (AvgIpc) is 2.40. The molecule has 0 heterocycles. The van der Waals surface area contributed by atoms with Gasteiger partial charge in [0, 0.05) is 0 Å². The Morgan fingerprint density at radius 3 is 2.44 bits per heavy atom. The first-order valence-electron chi connectivity index (χ1n) is 5.20. The Hall–Kier alpha value is -1.92. The van der Waals surface area contributed by atoms with E-state index in [-0.39, 0.29) is 6.47 Å². The normalized spacial score (nSPS) is 13.5. The van der Waals surface area contributed by atoms with Crippen LogP contribution < -0.4 is 0 Å². The minimum absolute atomic E-state index is 0.107. The summed E-state index contributed by atoms with van der Waals surface area (Å²) in [7, 11) is 1.27. The molecule has 1 rings (SSSR count). The Balaban J connectivity index is 2.88. The molecule has 6 heteroatoms. The predicted molar refractivity (Wildman–Crippen MR) is 60.8 cm³/mol. The number of methoxy groups -OCH3 is 1. The van der Waals surface area contributed by atoms with Crippen LogP contribution in [-0.4, -0.2) is 42.7 Å². The standard InChI is InChI=1S/C12H14O6/c1-17-11(15)9-4-2-8(3-5-9)10(6-13)12(16)18-7-14/h2-5,7,10,12-13,16H,6H2,1H3. The highest BCUT2D eigenvalue weighted by Crippen LogP contribution is 2.20. The van der Waals surface area contributed by atoms with Crippen molar-refractivity contribution in [2.75, 3.05) is 13.7 Å². The second-order valence-corrected chi connectivity index (χ2v) is 3.53. The Kier molecular flexibility index (Phi) is 5.29. The zero-order chi connectivity index (χ0) is 13.5. The van der Waals surface area contributed by atoms with Crippen molar-refractivity contribution in [1.29, 1.82) is 0 Å². The Bertz CT molecular complexity index is 400. The van der Waals surface area contributed by atoms with Gasteiger partial charge < -0.3 is 19.7 Å². The quantitative estimate of drug-likeness (QED) is 0.423. The Morgan fingerprint density at radius 2 is 2.00 bits per heavy atom. The lowest BCUT2D eigenvalue weighted by molar-refractivity contribution is -0.157. The predicted octanol–water partition coefficient (Wildman–Crippen LogP) is 0.0405. The van der Waals surface area contributed by atoms with Gasteiger partial charge >= 0.3 is 5.97 Å². The highest BCUT2D eigenvalue weighted by atomic mass is 16.6. The minimum Gasteiger partial charge on any atom is -0.465 e. The van der Waals surface area contributed by atoms with Gasteiger partial charge in [-0.3, -0.25) is 4.79 Å². The molecule has 2 unspecified atom stereocenters. The Labute approximate surface area is 104 Å². The molecule has 0 radical (unpaired) electrons. The molecule has 0 saturated carbocycles. The number of hydrogen-bond acceptors (Lipinski definition) is 6. The van der Waals surface area contributed by atoms with Crippen LogP contribution in [-0.2, 0) is 14.3 Å². The van der Waals surface area contributed by atoms with Gasteiger partial charge in [0.05, 0.1) is 25.2 Å². The maximum atomic E-state index is 11.2. The number of hydrogen-bond donors (Lipinski definition) is 2. The summed E-state index contributed by atoms with van der Waals surface area (Å²) < 4.78 is 8.91. The van der Waals surface area contributed by atoms with Gasteiger partial charge in [0.2, 0.25) is 6.29 Å². The topological polar surface area (TPSA) is 93.1 Å². The van der Waals surface area contributed by atoms with E-state index in [1.165, 1.54) is 19.2 Å². The number of benzene rings is 1. The van der Waals surface area contributed by atoms with Crippen molar-refractivity contribution >= 4 is 12.4 Å². The molecule has 0 aliphatic rings. The van der Waals surface area contributed by atoms with Gasteiger partial charge in [-0.05, 0) is 17.7 Å². The van der Waals surface area contributed by atoms with Crippen LogP contribution in [0.2, 0.25) is 0 Å². The third-order valence-electron chi connectivity index (χ3n) is 2.50. The summed E-state index contributed by atoms with van der Waals surface area (Å²) in [6, 6.07) is 6.09. The molecule has 0 saturated heterocycles. The summed E-state index contributed by atoms with van der Waals surface area (Å²) >= 11 is 0. The summed E-state index contributed by atoms with van der Waals surface area (Å²) in [5.74, 6) is -1.24. The van der Waals surface area contributed by atoms with Crippen LogP contribution in [0.5, 0.6) is 0 Å². The number of aliphatic hydroxyl groups excluding tert-OH is 2. The molecule has 0 bridgehead atoms. The van der Waals surface area contributed by atoms with Gasteiger partial charge in [0.25, 0.3) is 6.47 Å². The second kappa shape index (κ2) is 6.73. The smallest absolute Gasteiger partial charge is 0.337 e. The number of esters is 1. The fourth-order valence-electron chi connectivity index (χ4n) is 1.50. The first-order valence-corrected chi connectivity index (χ1v) is 5.20. The van der Waals surface area contributed by atoms with Crippen LogP contribution in [0.4, 0.5) is 0 Å². The highest BCUT2D eigenvalue weighted by Gasteiger charge is 2.21. The van der Waals surface area contributed by atoms with Gasteiger partial charge in [-0.1, -0.05) is 12.1 Å². The molecule has 0 aromatic heterocycles. The summed E-state index contributed by atoms with van der Waals surface area (Å²) in [4.78, 5) is 21.3. The van der Waals surface area contributed by atoms with Crippen molar-refractivity contribution in [1.82, 2.24) is 0 Å². The lowest BCUT2D eigenvalue weighted by atomic mass is 9.98. The molecule has 2 N–H and O–H groups in total. The lowest BCUT2D eigenvalue weighted by Gasteiger charge is -2.19. The fraction of sp³-hybridized carbons (Fsp3) is 0.333. The maximum Gasteiger partial charge on any atom is 0.337 e. The summed E-state index contributed by atoms with van der Waals surface area (Å²) in [6.45, 7) is -0.289. The fourth-order valence-corrected chi connectivity index (χ4v) is 1.50. The molecule has 0 aliphatic heterocycles. The molecule has 18 heavy (non-hydrogen) atoms. The Morgan fingerprint density at radius 1 is 1.39 bits per heavy atom. The van der Waals surface area contributed by atoms with Crippen molar-refractivity contribution in [2.45, 2.75) is 12.2 Å². The highest BCUT2D eigenvalue weighted by molar-refractivity contribution is 5.89. The summed E-state index contributed by atoms with van der Waals surface area (Å²) in [5.41, 5.74) is 0.892. The van der Waals surface area contributed by atoms with E-state index in [1.807, 2.05) is 0 Å².